The van der Waals surface area contributed by atoms with Crippen LogP contribution in [-0.4, -0.2) is 33.1 Å². The van der Waals surface area contributed by atoms with Crippen molar-refractivity contribution in [3.63, 3.8) is 0 Å². The van der Waals surface area contributed by atoms with Crippen LogP contribution in [0.15, 0.2) is 30.9 Å². The molecule has 2 unspecified atom stereocenters. The van der Waals surface area contributed by atoms with Crippen LogP contribution in [0.25, 0.3) is 0 Å². The summed E-state index contributed by atoms with van der Waals surface area (Å²) < 4.78 is 49.9. The Kier molecular flexibility index (Phi) is 6.56. The number of nitrogens with zero attached hydrogens (tertiary/aromatic N) is 1. The van der Waals surface area contributed by atoms with E-state index in [1.165, 1.54) is 17.2 Å². The molecule has 0 aliphatic carbocycles. The second-order valence-electron chi connectivity index (χ2n) is 5.40. The number of rotatable bonds is 6. The number of alkyl halides is 3. The lowest BCUT2D eigenvalue weighted by Gasteiger charge is -2.28. The Morgan fingerprint density at radius 3 is 2.52 bits per heavy atom. The predicted molar refractivity (Wildman–Crippen MR) is 85.3 cm³/mol. The van der Waals surface area contributed by atoms with Crippen molar-refractivity contribution in [2.75, 3.05) is 12.0 Å². The molecule has 0 saturated heterocycles. The summed E-state index contributed by atoms with van der Waals surface area (Å²) in [6.07, 6.45) is -1.81. The molecule has 128 valence electrons. The van der Waals surface area contributed by atoms with Crippen LogP contribution in [0.3, 0.4) is 0 Å². The molecule has 23 heavy (non-hydrogen) atoms. The maximum absolute atomic E-state index is 12.9. The lowest BCUT2D eigenvalue weighted by atomic mass is 10.0. The Morgan fingerprint density at radius 2 is 2.04 bits per heavy atom. The molecule has 0 aliphatic rings. The van der Waals surface area contributed by atoms with Crippen LogP contribution >= 0.6 is 0 Å². The highest BCUT2D eigenvalue weighted by Gasteiger charge is 2.31. The van der Waals surface area contributed by atoms with Gasteiger partial charge >= 0.3 is 6.18 Å². The number of carbonyl (C=O) groups is 1. The number of halogens is 3. The number of benzene rings is 1. The maximum Gasteiger partial charge on any atom is 0.416 e. The van der Waals surface area contributed by atoms with Gasteiger partial charge in [0.05, 0.1) is 5.56 Å². The van der Waals surface area contributed by atoms with Crippen LogP contribution in [0.1, 0.15) is 23.6 Å². The van der Waals surface area contributed by atoms with Gasteiger partial charge in [-0.1, -0.05) is 12.6 Å². The standard InChI is InChI=1S/C16H20F3NO2S/c1-5-15(21)20(12(3)10-23(4)22)9-13-8-14(16(17,18)19)7-6-11(13)2/h5-8,12H,1,9-10H2,2-4H3. The third-order valence-electron chi connectivity index (χ3n) is 3.48. The van der Waals surface area contributed by atoms with Crippen molar-refractivity contribution in [2.45, 2.75) is 32.6 Å². The molecule has 0 aromatic heterocycles. The van der Waals surface area contributed by atoms with Crippen molar-refractivity contribution in [3.8, 4) is 0 Å². The van der Waals surface area contributed by atoms with Crippen LogP contribution in [0.4, 0.5) is 13.2 Å². The number of carbonyl (C=O) groups excluding carboxylic acids is 1. The SMILES string of the molecule is C=CC(=O)N(Cc1cc(C(F)(F)F)ccc1C)C(C)CS(C)=O. The van der Waals surface area contributed by atoms with Crippen LogP contribution in [0, 0.1) is 6.92 Å². The van der Waals surface area contributed by atoms with Crippen molar-refractivity contribution >= 4 is 16.7 Å². The van der Waals surface area contributed by atoms with Gasteiger partial charge in [0.2, 0.25) is 5.91 Å². The molecular weight excluding hydrogens is 327 g/mol. The van der Waals surface area contributed by atoms with Crippen molar-refractivity contribution in [1.82, 2.24) is 4.90 Å². The minimum Gasteiger partial charge on any atom is -0.331 e. The summed E-state index contributed by atoms with van der Waals surface area (Å²) in [4.78, 5) is 13.4. The zero-order valence-electron chi connectivity index (χ0n) is 13.3. The summed E-state index contributed by atoms with van der Waals surface area (Å²) in [6.45, 7) is 6.83. The first-order valence-electron chi connectivity index (χ1n) is 6.96. The van der Waals surface area contributed by atoms with E-state index in [1.54, 1.807) is 13.8 Å². The summed E-state index contributed by atoms with van der Waals surface area (Å²) in [6, 6.07) is 3.08. The van der Waals surface area contributed by atoms with Crippen LogP contribution in [-0.2, 0) is 28.3 Å². The molecule has 1 rings (SSSR count). The second kappa shape index (κ2) is 7.77. The number of aryl methyl sites for hydroxylation is 1. The molecule has 1 aromatic carbocycles. The number of hydrogen-bond donors (Lipinski definition) is 0. The van der Waals surface area contributed by atoms with E-state index in [0.29, 0.717) is 11.1 Å². The zero-order valence-corrected chi connectivity index (χ0v) is 14.1. The van der Waals surface area contributed by atoms with Gasteiger partial charge in [0.1, 0.15) is 0 Å². The van der Waals surface area contributed by atoms with Gasteiger partial charge in [0.15, 0.2) is 0 Å². The fourth-order valence-corrected chi connectivity index (χ4v) is 3.06. The number of amides is 1. The van der Waals surface area contributed by atoms with Crippen LogP contribution in [0.2, 0.25) is 0 Å². The monoisotopic (exact) mass is 347 g/mol. The van der Waals surface area contributed by atoms with Crippen LogP contribution in [0.5, 0.6) is 0 Å². The average Bonchev–Trinajstić information content (AvgIpc) is 2.43. The van der Waals surface area contributed by atoms with E-state index < -0.39 is 28.4 Å². The molecule has 0 bridgehead atoms. The molecule has 0 radical (unpaired) electrons. The Hall–Kier alpha value is -1.63. The Labute approximate surface area is 136 Å². The predicted octanol–water partition coefficient (Wildman–Crippen LogP) is 3.30. The fourth-order valence-electron chi connectivity index (χ4n) is 2.20. The quantitative estimate of drug-likeness (QED) is 0.741. The molecule has 0 fully saturated rings. The van der Waals surface area contributed by atoms with Gasteiger partial charge in [-0.3, -0.25) is 9.00 Å². The van der Waals surface area contributed by atoms with Gasteiger partial charge in [-0.25, -0.2) is 0 Å². The summed E-state index contributed by atoms with van der Waals surface area (Å²) in [5, 5.41) is 0. The van der Waals surface area contributed by atoms with Gasteiger partial charge in [-0.05, 0) is 43.2 Å². The third kappa shape index (κ3) is 5.49. The first-order chi connectivity index (χ1) is 10.6. The van der Waals surface area contributed by atoms with E-state index in [0.717, 1.165) is 18.2 Å². The first-order valence-corrected chi connectivity index (χ1v) is 8.68. The molecule has 3 nitrogen and oxygen atoms in total. The van der Waals surface area contributed by atoms with Crippen molar-refractivity contribution in [3.05, 3.63) is 47.5 Å². The summed E-state index contributed by atoms with van der Waals surface area (Å²) in [7, 11) is -1.12. The topological polar surface area (TPSA) is 37.4 Å². The highest BCUT2D eigenvalue weighted by molar-refractivity contribution is 7.84. The third-order valence-corrected chi connectivity index (χ3v) is 4.43. The van der Waals surface area contributed by atoms with Gasteiger partial charge in [-0.15, -0.1) is 0 Å². The zero-order chi connectivity index (χ0) is 17.8. The minimum absolute atomic E-state index is 0.0129. The largest absolute Gasteiger partial charge is 0.416 e. The Morgan fingerprint density at radius 1 is 1.43 bits per heavy atom. The Bertz CT molecular complexity index is 614. The lowest BCUT2D eigenvalue weighted by Crippen LogP contribution is -2.40. The molecule has 0 heterocycles. The highest BCUT2D eigenvalue weighted by Crippen LogP contribution is 2.31. The molecule has 1 amide bonds. The first kappa shape index (κ1) is 19.4. The number of hydrogen-bond acceptors (Lipinski definition) is 2. The second-order valence-corrected chi connectivity index (χ2v) is 6.88. The van der Waals surface area contributed by atoms with E-state index >= 15 is 0 Å². The van der Waals surface area contributed by atoms with Gasteiger partial charge in [-0.2, -0.15) is 13.2 Å². The van der Waals surface area contributed by atoms with Crippen molar-refractivity contribution in [2.24, 2.45) is 0 Å². The average molecular weight is 347 g/mol. The molecule has 1 aromatic rings. The summed E-state index contributed by atoms with van der Waals surface area (Å²) in [5.41, 5.74) is 0.310. The smallest absolute Gasteiger partial charge is 0.331 e. The molecule has 2 atom stereocenters. The molecule has 0 N–H and O–H groups in total. The van der Waals surface area contributed by atoms with Gasteiger partial charge in [0, 0.05) is 35.4 Å². The van der Waals surface area contributed by atoms with Gasteiger partial charge < -0.3 is 4.90 Å². The molecular formula is C16H20F3NO2S. The van der Waals surface area contributed by atoms with E-state index in [4.69, 9.17) is 0 Å². The summed E-state index contributed by atoms with van der Waals surface area (Å²) >= 11 is 0. The van der Waals surface area contributed by atoms with Crippen molar-refractivity contribution < 1.29 is 22.2 Å². The molecule has 0 aliphatic heterocycles. The van der Waals surface area contributed by atoms with Crippen molar-refractivity contribution in [1.29, 1.82) is 0 Å². The maximum atomic E-state index is 12.9. The highest BCUT2D eigenvalue weighted by atomic mass is 32.2. The molecule has 7 heteroatoms. The van der Waals surface area contributed by atoms with E-state index in [1.807, 2.05) is 0 Å². The Balaban J connectivity index is 3.15. The minimum atomic E-state index is -4.44. The van der Waals surface area contributed by atoms with E-state index in [2.05, 4.69) is 6.58 Å². The molecule has 0 saturated carbocycles. The van der Waals surface area contributed by atoms with E-state index in [9.17, 15) is 22.2 Å². The fraction of sp³-hybridized carbons (Fsp3) is 0.438. The molecule has 0 spiro atoms. The van der Waals surface area contributed by atoms with E-state index in [-0.39, 0.29) is 18.3 Å². The normalized spacial score (nSPS) is 14.2. The summed E-state index contributed by atoms with van der Waals surface area (Å²) in [5.74, 6) is -0.155. The van der Waals surface area contributed by atoms with Gasteiger partial charge in [0.25, 0.3) is 0 Å². The lowest BCUT2D eigenvalue weighted by molar-refractivity contribution is -0.137. The van der Waals surface area contributed by atoms with Crippen LogP contribution < -0.4 is 0 Å².